The minimum absolute atomic E-state index is 0.0203. The second kappa shape index (κ2) is 133. The fourth-order valence-electron chi connectivity index (χ4n) is 12.1. The monoisotopic (exact) mass is 2060 g/mol. The Morgan fingerprint density at radius 2 is 0.601 bits per heavy atom. The molecular weight excluding hydrogens is 1870 g/mol. The van der Waals surface area contributed by atoms with Crippen LogP contribution in [-0.4, -0.2) is 333 Å². The number of allylic oxidation sites excluding steroid dienone is 1. The van der Waals surface area contributed by atoms with Gasteiger partial charge in [0.2, 0.25) is 0 Å². The van der Waals surface area contributed by atoms with Crippen LogP contribution in [0.2, 0.25) is 0 Å². The van der Waals surface area contributed by atoms with Gasteiger partial charge in [0.05, 0.1) is 13.2 Å². The molecule has 836 valence electrons. The molecule has 0 heterocycles. The van der Waals surface area contributed by atoms with E-state index in [4.69, 9.17) is 98.3 Å². The van der Waals surface area contributed by atoms with E-state index in [0.29, 0.717) is 18.9 Å². The largest absolute Gasteiger partial charge is 0.483 e. The molecule has 0 spiro atoms. The quantitative estimate of drug-likeness (QED) is 0.00720. The number of carboxylic acid groups (broad SMARTS) is 1. The molecule has 0 fully saturated rings. The third-order valence-corrected chi connectivity index (χ3v) is 19.5. The minimum atomic E-state index is -1.83. The van der Waals surface area contributed by atoms with Crippen molar-refractivity contribution in [3.63, 3.8) is 0 Å². The number of rotatable bonds is 74. The Kier molecular flexibility index (Phi) is 148. The van der Waals surface area contributed by atoms with Crippen molar-refractivity contribution >= 4 is 105 Å². The summed E-state index contributed by atoms with van der Waals surface area (Å²) in [5.41, 5.74) is 0.729. The average molecular weight is 2060 g/mol. The SMILES string of the molecule is C#CC=O.C=CC=O.CC(=O)OC[C@@H](O)[C@@H](O)[C@H](O)[C@@H](O)C=O.CC(=O)OC[C@@H](O)[C@@H](OC(C)=O)[C@H](OC(C)=O)[C@H](C=O)OC(C)=O.CC=O.CCCCCCCCCCCCCC=O.CCCCCCCCCCCCCCCC=O.CCCCCCCCCCCCCCCCCC=O.CO.COC[C@@H](O)[C@@H](O)[C@H](O)[C@@H](O)C=O.COC[C@@H](O)[C@@H](OC)[C@H](OC)[C@H](C=O)OC.O=CO.O=Cc1ccccc1. The minimum Gasteiger partial charge on any atom is -0.483 e. The number of unbranched alkanes of at least 4 members (excludes halogenated alkanes) is 39. The smallest absolute Gasteiger partial charge is 0.303 e. The first-order valence-corrected chi connectivity index (χ1v) is 49.2. The molecule has 12 N–H and O–H groups in total. The Balaban J connectivity index is -0.000000135. The van der Waals surface area contributed by atoms with Crippen LogP contribution in [0.5, 0.6) is 0 Å². The molecule has 39 nitrogen and oxygen atoms in total. The summed E-state index contributed by atoms with van der Waals surface area (Å²) in [6.07, 6.45) is 45.1. The number of aliphatic hydroxyl groups is 11. The normalized spacial score (nSPS) is 13.2. The first-order chi connectivity index (χ1) is 68.5. The van der Waals surface area contributed by atoms with Gasteiger partial charge in [-0.2, -0.15) is 0 Å². The second-order valence-corrected chi connectivity index (χ2v) is 31.7. The van der Waals surface area contributed by atoms with Gasteiger partial charge in [-0.15, -0.1) is 6.42 Å². The lowest BCUT2D eigenvalue weighted by molar-refractivity contribution is -0.195. The van der Waals surface area contributed by atoms with E-state index in [-0.39, 0.29) is 38.5 Å². The maximum atomic E-state index is 11.3. The highest BCUT2D eigenvalue weighted by molar-refractivity contribution is 5.74. The molecule has 1 aromatic carbocycles. The van der Waals surface area contributed by atoms with Crippen molar-refractivity contribution in [1.29, 1.82) is 0 Å². The molecule has 0 saturated heterocycles. The molecule has 143 heavy (non-hydrogen) atoms. The van der Waals surface area contributed by atoms with Crippen molar-refractivity contribution in [3.8, 4) is 12.3 Å². The van der Waals surface area contributed by atoms with Crippen molar-refractivity contribution in [1.82, 2.24) is 0 Å². The zero-order valence-electron chi connectivity index (χ0n) is 88.3. The van der Waals surface area contributed by atoms with Crippen LogP contribution in [-0.2, 0) is 124 Å². The highest BCUT2D eigenvalue weighted by atomic mass is 16.6. The molecule has 0 saturated carbocycles. The molecule has 0 bridgehead atoms. The highest BCUT2D eigenvalue weighted by Gasteiger charge is 2.42. The van der Waals surface area contributed by atoms with Crippen LogP contribution >= 0.6 is 0 Å². The summed E-state index contributed by atoms with van der Waals surface area (Å²) in [5.74, 6) is -2.24. The molecular formula is C104H186O39. The summed E-state index contributed by atoms with van der Waals surface area (Å²) < 4.78 is 47.9. The Bertz CT molecular complexity index is 3040. The number of carbonyl (C=O) groups excluding carboxylic acids is 16. The summed E-state index contributed by atoms with van der Waals surface area (Å²) in [5, 5.41) is 106. The van der Waals surface area contributed by atoms with Gasteiger partial charge in [-0.05, 0) is 38.2 Å². The van der Waals surface area contributed by atoms with Crippen molar-refractivity contribution in [2.45, 2.75) is 430 Å². The number of esters is 5. The molecule has 39 heteroatoms. The third kappa shape index (κ3) is 125. The van der Waals surface area contributed by atoms with Gasteiger partial charge in [0.1, 0.15) is 130 Å². The van der Waals surface area contributed by atoms with Gasteiger partial charge in [-0.3, -0.25) is 47.9 Å². The molecule has 0 aromatic heterocycles. The van der Waals surface area contributed by atoms with E-state index >= 15 is 0 Å². The van der Waals surface area contributed by atoms with Crippen molar-refractivity contribution in [2.24, 2.45) is 0 Å². The fourth-order valence-corrected chi connectivity index (χ4v) is 12.1. The van der Waals surface area contributed by atoms with Crippen LogP contribution in [0.3, 0.4) is 0 Å². The number of carbonyl (C=O) groups is 17. The fraction of sp³-hybridized carbons (Fsp3) is 0.740. The molecule has 0 radical (unpaired) electrons. The van der Waals surface area contributed by atoms with Crippen molar-refractivity contribution in [2.75, 3.05) is 69.1 Å². The van der Waals surface area contributed by atoms with Gasteiger partial charge in [-0.1, -0.05) is 289 Å². The van der Waals surface area contributed by atoms with Gasteiger partial charge in [0.25, 0.3) is 6.47 Å². The number of aldehydes is 11. The summed E-state index contributed by atoms with van der Waals surface area (Å²) in [7, 11) is 8.00. The van der Waals surface area contributed by atoms with Crippen LogP contribution in [0, 0.1) is 12.3 Å². The Labute approximate surface area is 851 Å². The molecule has 0 unspecified atom stereocenters. The maximum Gasteiger partial charge on any atom is 0.303 e. The van der Waals surface area contributed by atoms with Crippen molar-refractivity contribution in [3.05, 3.63) is 48.6 Å². The molecule has 0 amide bonds. The van der Waals surface area contributed by atoms with Gasteiger partial charge in [0.15, 0.2) is 49.7 Å². The van der Waals surface area contributed by atoms with E-state index in [9.17, 15) is 77.6 Å². The van der Waals surface area contributed by atoms with E-state index in [1.807, 2.05) is 18.2 Å². The Morgan fingerprint density at radius 1 is 0.350 bits per heavy atom. The molecule has 0 aliphatic rings. The number of aliphatic hydroxyl groups excluding tert-OH is 11. The number of terminal acetylenes is 1. The standard InChI is InChI=1S/C18H36O.C16H32O.C14H20O10.C14H28O.C10H20O6.C8H14O7.C7H14O6.C7H6O.C3H4O.C3H2O.C2H4O.CH2O2.CH4O/c1-2-3-4-5-6-7-8-9-10-11-12-13-14-15-16-17-18-19;1-2-3-4-5-6-7-8-9-10-11-12-13-14-15-16-17;1-7(16)21-6-11(20)13(23-9(3)18)14(24-10(4)19)12(5-15)22-8(2)17;1-2-3-4-5-6-7-8-9-10-11-12-13-14-15;1-13-6-7(12)9(15-3)10(16-4)8(5-11)14-2;1-4(10)15-3-6(12)8(14)7(13)5(11)2-9;1-13-3-5(10)7(12)6(11)4(9)2-8;8-6-7-4-2-1-3-5-7;2*1-2-3-4;1-2-3;2-1-3;1-2/h18H,2-17H2,1H3;16H,2-15H2,1H3;5,11-14,20H,6H2,1-4H3;14H,2-13H2,1H3;5,7-10,12H,6H2,1-4H3;2,5-8,11-14H,3H2,1H3;2,4-7,9-12H,3H2,1H3;1-6H;2-3H,1H2;1,3H;2H,1H3;1H,(H,2,3);2H,1H3/t;;11-,12+,13-,14-;;7-,8+,9-,10-;5-,6+,7+,8+;4-,5+,6+,7+;;;;;;/m..1.100....../s1. The lowest BCUT2D eigenvalue weighted by atomic mass is 10.0. The lowest BCUT2D eigenvalue weighted by Crippen LogP contribution is -2.52. The first-order valence-electron chi connectivity index (χ1n) is 49.2. The van der Waals surface area contributed by atoms with E-state index in [0.717, 1.165) is 117 Å². The average Bonchev–Trinajstić information content (AvgIpc) is 0.839. The predicted octanol–water partition coefficient (Wildman–Crippen LogP) is 10.8. The zero-order chi connectivity index (χ0) is 112. The third-order valence-electron chi connectivity index (χ3n) is 19.5. The number of methoxy groups -OCH3 is 5. The van der Waals surface area contributed by atoms with E-state index in [2.05, 4.69) is 48.0 Å². The first kappa shape index (κ1) is 159. The molecule has 0 aliphatic heterocycles. The molecule has 0 aliphatic carbocycles. The van der Waals surface area contributed by atoms with E-state index in [1.54, 1.807) is 18.1 Å². The number of ether oxygens (including phenoxy) is 10. The van der Waals surface area contributed by atoms with E-state index < -0.39 is 141 Å². The van der Waals surface area contributed by atoms with Crippen LogP contribution in [0.25, 0.3) is 0 Å². The van der Waals surface area contributed by atoms with Gasteiger partial charge in [0, 0.05) is 102 Å². The number of hydrogen-bond acceptors (Lipinski definition) is 38. The van der Waals surface area contributed by atoms with Gasteiger partial charge >= 0.3 is 29.8 Å². The predicted molar refractivity (Wildman–Crippen MR) is 541 cm³/mol. The van der Waals surface area contributed by atoms with E-state index in [1.165, 1.54) is 280 Å². The number of hydrogen-bond donors (Lipinski definition) is 12. The summed E-state index contributed by atoms with van der Waals surface area (Å²) in [4.78, 5) is 172. The van der Waals surface area contributed by atoms with Crippen LogP contribution in [0.4, 0.5) is 0 Å². The topological polar surface area (TPSA) is 625 Å². The van der Waals surface area contributed by atoms with Crippen LogP contribution < -0.4 is 0 Å². The zero-order valence-corrected chi connectivity index (χ0v) is 88.3. The highest BCUT2D eigenvalue weighted by Crippen LogP contribution is 2.21. The summed E-state index contributed by atoms with van der Waals surface area (Å²) in [6.45, 7) is 15.1. The summed E-state index contributed by atoms with van der Waals surface area (Å²) >= 11 is 0. The Morgan fingerprint density at radius 3 is 0.811 bits per heavy atom. The van der Waals surface area contributed by atoms with Gasteiger partial charge < -0.3 is 142 Å². The molecule has 16 atom stereocenters. The van der Waals surface area contributed by atoms with Crippen LogP contribution in [0.15, 0.2) is 43.0 Å². The summed E-state index contributed by atoms with van der Waals surface area (Å²) in [6, 6.07) is 9.10. The maximum absolute atomic E-state index is 11.3. The molecule has 1 aromatic rings. The Hall–Kier alpha value is -8.93. The van der Waals surface area contributed by atoms with Crippen molar-refractivity contribution < 1.29 is 190 Å². The second-order valence-electron chi connectivity index (χ2n) is 31.7. The number of benzene rings is 1. The van der Waals surface area contributed by atoms with Crippen LogP contribution in [0.1, 0.15) is 342 Å². The lowest BCUT2D eigenvalue weighted by Gasteiger charge is -2.31. The molecule has 1 rings (SSSR count). The van der Waals surface area contributed by atoms with Gasteiger partial charge in [-0.25, -0.2) is 0 Å².